The molecule has 20 heavy (non-hydrogen) atoms. The number of imidazole rings is 1. The summed E-state index contributed by atoms with van der Waals surface area (Å²) in [5.74, 6) is -0.161. The number of hydrogen-bond acceptors (Lipinski definition) is 2. The van der Waals surface area contributed by atoms with Crippen molar-refractivity contribution in [3.8, 4) is 11.4 Å². The number of fused-ring (bicyclic) bond motifs is 1. The fourth-order valence-corrected chi connectivity index (χ4v) is 2.34. The van der Waals surface area contributed by atoms with Crippen LogP contribution < -0.4 is 5.73 Å². The first-order valence-corrected chi connectivity index (χ1v) is 6.31. The number of aromatic nitrogens is 2. The molecule has 1 heterocycles. The summed E-state index contributed by atoms with van der Waals surface area (Å²) in [4.78, 5) is 4.45. The number of benzene rings is 2. The average Bonchev–Trinajstić information content (AvgIpc) is 2.79. The molecule has 3 nitrogen and oxygen atoms in total. The second kappa shape index (κ2) is 4.59. The molecule has 3 aromatic rings. The van der Waals surface area contributed by atoms with Gasteiger partial charge < -0.3 is 10.3 Å². The van der Waals surface area contributed by atoms with E-state index in [1.54, 1.807) is 6.07 Å². The molecule has 0 atom stereocenters. The van der Waals surface area contributed by atoms with E-state index in [0.29, 0.717) is 34.7 Å². The third kappa shape index (κ3) is 1.91. The minimum absolute atomic E-state index is 0.328. The van der Waals surface area contributed by atoms with Crippen molar-refractivity contribution in [3.63, 3.8) is 0 Å². The van der Waals surface area contributed by atoms with Crippen molar-refractivity contribution < 1.29 is 8.78 Å². The molecule has 0 unspecified atom stereocenters. The van der Waals surface area contributed by atoms with E-state index in [9.17, 15) is 8.78 Å². The third-order valence-electron chi connectivity index (χ3n) is 3.28. The van der Waals surface area contributed by atoms with Crippen LogP contribution in [-0.4, -0.2) is 9.55 Å². The Morgan fingerprint density at radius 1 is 1.10 bits per heavy atom. The van der Waals surface area contributed by atoms with Crippen LogP contribution in [0.4, 0.5) is 14.5 Å². The van der Waals surface area contributed by atoms with Crippen LogP contribution in [0.3, 0.4) is 0 Å². The minimum atomic E-state index is -0.380. The molecule has 0 saturated carbocycles. The Bertz CT molecular complexity index is 793. The Kier molecular flexibility index (Phi) is 2.89. The fraction of sp³-hybridized carbons (Fsp3) is 0.133. The lowest BCUT2D eigenvalue weighted by Gasteiger charge is -2.08. The first kappa shape index (κ1) is 12.6. The van der Waals surface area contributed by atoms with E-state index in [0.717, 1.165) is 0 Å². The molecule has 2 aromatic carbocycles. The van der Waals surface area contributed by atoms with Crippen LogP contribution in [0, 0.1) is 11.6 Å². The number of halogens is 2. The molecule has 102 valence electrons. The van der Waals surface area contributed by atoms with Crippen LogP contribution in [-0.2, 0) is 6.54 Å². The van der Waals surface area contributed by atoms with Gasteiger partial charge in [0.15, 0.2) is 0 Å². The Morgan fingerprint density at radius 3 is 2.55 bits per heavy atom. The largest absolute Gasteiger partial charge is 0.398 e. The number of nitrogens with zero attached hydrogens (tertiary/aromatic N) is 2. The van der Waals surface area contributed by atoms with Crippen molar-refractivity contribution in [2.75, 3.05) is 5.73 Å². The first-order chi connectivity index (χ1) is 9.60. The van der Waals surface area contributed by atoms with Crippen LogP contribution in [0.2, 0.25) is 0 Å². The SMILES string of the molecule is CCn1c(-c2cc(F)ccc2N)nc2ccc(F)cc21. The molecule has 0 saturated heterocycles. The number of rotatable bonds is 2. The zero-order valence-electron chi connectivity index (χ0n) is 10.9. The van der Waals surface area contributed by atoms with E-state index in [2.05, 4.69) is 4.98 Å². The van der Waals surface area contributed by atoms with E-state index in [4.69, 9.17) is 5.73 Å². The predicted molar refractivity (Wildman–Crippen MR) is 75.2 cm³/mol. The zero-order valence-corrected chi connectivity index (χ0v) is 10.9. The lowest BCUT2D eigenvalue weighted by molar-refractivity contribution is 0.627. The van der Waals surface area contributed by atoms with Crippen LogP contribution in [0.25, 0.3) is 22.4 Å². The van der Waals surface area contributed by atoms with E-state index >= 15 is 0 Å². The highest BCUT2D eigenvalue weighted by Crippen LogP contribution is 2.29. The van der Waals surface area contributed by atoms with Gasteiger partial charge in [0.2, 0.25) is 0 Å². The average molecular weight is 273 g/mol. The van der Waals surface area contributed by atoms with E-state index < -0.39 is 0 Å². The van der Waals surface area contributed by atoms with Crippen molar-refractivity contribution >= 4 is 16.7 Å². The molecule has 0 aliphatic rings. The third-order valence-corrected chi connectivity index (χ3v) is 3.28. The van der Waals surface area contributed by atoms with Gasteiger partial charge in [-0.05, 0) is 43.3 Å². The van der Waals surface area contributed by atoms with Gasteiger partial charge in [-0.25, -0.2) is 13.8 Å². The molecule has 0 fully saturated rings. The molecule has 0 aliphatic carbocycles. The van der Waals surface area contributed by atoms with Crippen molar-refractivity contribution in [2.45, 2.75) is 13.5 Å². The summed E-state index contributed by atoms with van der Waals surface area (Å²) in [5, 5.41) is 0. The molecule has 0 radical (unpaired) electrons. The van der Waals surface area contributed by atoms with Gasteiger partial charge in [-0.1, -0.05) is 0 Å². The maximum absolute atomic E-state index is 13.4. The van der Waals surface area contributed by atoms with E-state index in [1.807, 2.05) is 11.5 Å². The molecule has 2 N–H and O–H groups in total. The zero-order chi connectivity index (χ0) is 14.3. The lowest BCUT2D eigenvalue weighted by Crippen LogP contribution is -2.00. The summed E-state index contributed by atoms with van der Waals surface area (Å²) < 4.78 is 28.6. The summed E-state index contributed by atoms with van der Waals surface area (Å²) in [5.41, 5.74) is 8.19. The Labute approximate surface area is 114 Å². The second-order valence-corrected chi connectivity index (χ2v) is 4.54. The van der Waals surface area contributed by atoms with Gasteiger partial charge in [-0.2, -0.15) is 0 Å². The molecule has 3 rings (SSSR count). The van der Waals surface area contributed by atoms with Crippen molar-refractivity contribution in [2.24, 2.45) is 0 Å². The summed E-state index contributed by atoms with van der Waals surface area (Å²) in [7, 11) is 0. The first-order valence-electron chi connectivity index (χ1n) is 6.31. The number of anilines is 1. The quantitative estimate of drug-likeness (QED) is 0.725. The molecule has 0 spiro atoms. The molecule has 0 amide bonds. The summed E-state index contributed by atoms with van der Waals surface area (Å²) in [6, 6.07) is 8.54. The molecule has 0 bridgehead atoms. The van der Waals surface area contributed by atoms with Gasteiger partial charge in [-0.15, -0.1) is 0 Å². The van der Waals surface area contributed by atoms with E-state index in [1.165, 1.54) is 30.3 Å². The number of nitrogen functional groups attached to an aromatic ring is 1. The highest BCUT2D eigenvalue weighted by molar-refractivity contribution is 5.83. The van der Waals surface area contributed by atoms with Crippen LogP contribution in [0.15, 0.2) is 36.4 Å². The number of hydrogen-bond donors (Lipinski definition) is 1. The molecular weight excluding hydrogens is 260 g/mol. The van der Waals surface area contributed by atoms with Gasteiger partial charge in [0, 0.05) is 17.8 Å². The number of nitrogens with two attached hydrogens (primary N) is 1. The van der Waals surface area contributed by atoms with Gasteiger partial charge in [0.1, 0.15) is 17.5 Å². The van der Waals surface area contributed by atoms with Gasteiger partial charge in [0.25, 0.3) is 0 Å². The van der Waals surface area contributed by atoms with Gasteiger partial charge in [-0.3, -0.25) is 0 Å². The molecular formula is C15H13F2N3. The highest BCUT2D eigenvalue weighted by Gasteiger charge is 2.15. The van der Waals surface area contributed by atoms with Crippen LogP contribution >= 0.6 is 0 Å². The summed E-state index contributed by atoms with van der Waals surface area (Å²) >= 11 is 0. The van der Waals surface area contributed by atoms with Gasteiger partial charge in [0.05, 0.1) is 11.0 Å². The van der Waals surface area contributed by atoms with Crippen LogP contribution in [0.5, 0.6) is 0 Å². The van der Waals surface area contributed by atoms with Gasteiger partial charge >= 0.3 is 0 Å². The standard InChI is InChI=1S/C15H13F2N3/c1-2-20-14-8-10(17)4-6-13(14)19-15(20)11-7-9(16)3-5-12(11)18/h3-8H,2,18H2,1H3. The lowest BCUT2D eigenvalue weighted by atomic mass is 10.1. The molecule has 5 heteroatoms. The monoisotopic (exact) mass is 273 g/mol. The molecule has 0 aliphatic heterocycles. The summed E-state index contributed by atoms with van der Waals surface area (Å²) in [6.45, 7) is 2.51. The topological polar surface area (TPSA) is 43.8 Å². The Morgan fingerprint density at radius 2 is 1.80 bits per heavy atom. The summed E-state index contributed by atoms with van der Waals surface area (Å²) in [6.07, 6.45) is 0. The van der Waals surface area contributed by atoms with Crippen LogP contribution in [0.1, 0.15) is 6.92 Å². The van der Waals surface area contributed by atoms with Crippen molar-refractivity contribution in [3.05, 3.63) is 48.0 Å². The molecule has 1 aromatic heterocycles. The highest BCUT2D eigenvalue weighted by atomic mass is 19.1. The minimum Gasteiger partial charge on any atom is -0.398 e. The Balaban J connectivity index is 2.33. The maximum Gasteiger partial charge on any atom is 0.143 e. The fourth-order valence-electron chi connectivity index (χ4n) is 2.34. The second-order valence-electron chi connectivity index (χ2n) is 4.54. The maximum atomic E-state index is 13.4. The predicted octanol–water partition coefficient (Wildman–Crippen LogP) is 3.58. The Hall–Kier alpha value is -2.43. The normalized spacial score (nSPS) is 11.2. The smallest absolute Gasteiger partial charge is 0.143 e. The number of aryl methyl sites for hydroxylation is 1. The van der Waals surface area contributed by atoms with Crippen molar-refractivity contribution in [1.29, 1.82) is 0 Å². The van der Waals surface area contributed by atoms with Crippen molar-refractivity contribution in [1.82, 2.24) is 9.55 Å². The van der Waals surface area contributed by atoms with E-state index in [-0.39, 0.29) is 11.6 Å².